The van der Waals surface area contributed by atoms with E-state index >= 15 is 0 Å². The molecule has 2 heterocycles. The van der Waals surface area contributed by atoms with Crippen LogP contribution in [0.5, 0.6) is 0 Å². The summed E-state index contributed by atoms with van der Waals surface area (Å²) in [7, 11) is 1.69. The van der Waals surface area contributed by atoms with Crippen molar-refractivity contribution in [1.29, 1.82) is 0 Å². The number of aromatic amines is 1. The van der Waals surface area contributed by atoms with Crippen molar-refractivity contribution in [2.24, 2.45) is 7.05 Å². The number of aromatic nitrogens is 4. The third kappa shape index (κ3) is 1.83. The van der Waals surface area contributed by atoms with Gasteiger partial charge in [0.15, 0.2) is 0 Å². The monoisotopic (exact) mass is 248 g/mol. The van der Waals surface area contributed by atoms with Gasteiger partial charge in [0, 0.05) is 7.05 Å². The summed E-state index contributed by atoms with van der Waals surface area (Å²) >= 11 is 0. The molecule has 2 rings (SSSR count). The van der Waals surface area contributed by atoms with Gasteiger partial charge in [0.1, 0.15) is 5.69 Å². The Balaban J connectivity index is 2.33. The number of nitrogens with two attached hydrogens (primary N) is 1. The summed E-state index contributed by atoms with van der Waals surface area (Å²) in [5.41, 5.74) is 9.45. The summed E-state index contributed by atoms with van der Waals surface area (Å²) in [4.78, 5) is 12.2. The molecule has 96 valence electrons. The Morgan fingerprint density at radius 2 is 2.00 bits per heavy atom. The maximum Gasteiger partial charge on any atom is 0.276 e. The van der Waals surface area contributed by atoms with Crippen LogP contribution in [0, 0.1) is 20.8 Å². The molecule has 0 aromatic carbocycles. The first-order valence-corrected chi connectivity index (χ1v) is 5.53. The van der Waals surface area contributed by atoms with E-state index in [1.165, 1.54) is 4.68 Å². The molecule has 0 atom stereocenters. The first-order valence-electron chi connectivity index (χ1n) is 5.53. The summed E-state index contributed by atoms with van der Waals surface area (Å²) in [6.07, 6.45) is 0. The van der Waals surface area contributed by atoms with Gasteiger partial charge >= 0.3 is 0 Å². The third-order valence-corrected chi connectivity index (χ3v) is 2.85. The maximum atomic E-state index is 12.2. The van der Waals surface area contributed by atoms with E-state index in [0.717, 1.165) is 11.4 Å². The number of nitrogen functional groups attached to an aromatic ring is 1. The highest BCUT2D eigenvalue weighted by Crippen LogP contribution is 2.20. The normalized spacial score (nSPS) is 10.7. The molecule has 0 spiro atoms. The van der Waals surface area contributed by atoms with Gasteiger partial charge < -0.3 is 11.1 Å². The molecule has 2 aromatic heterocycles. The highest BCUT2D eigenvalue weighted by molar-refractivity contribution is 6.07. The van der Waals surface area contributed by atoms with Crippen LogP contribution in [-0.2, 0) is 7.05 Å². The van der Waals surface area contributed by atoms with E-state index < -0.39 is 0 Å². The maximum absolute atomic E-state index is 12.2. The molecule has 0 bridgehead atoms. The molecular formula is C11H16N6O. The van der Waals surface area contributed by atoms with E-state index in [9.17, 15) is 4.79 Å². The minimum Gasteiger partial charge on any atom is -0.395 e. The van der Waals surface area contributed by atoms with Gasteiger partial charge in [0.2, 0.25) is 0 Å². The van der Waals surface area contributed by atoms with Crippen molar-refractivity contribution in [3.63, 3.8) is 0 Å². The Bertz CT molecular complexity index is 590. The number of rotatable bonds is 2. The van der Waals surface area contributed by atoms with E-state index in [1.54, 1.807) is 14.0 Å². The van der Waals surface area contributed by atoms with Gasteiger partial charge in [-0.15, -0.1) is 0 Å². The second-order valence-corrected chi connectivity index (χ2v) is 4.23. The Kier molecular flexibility index (Phi) is 2.82. The molecule has 0 aliphatic carbocycles. The van der Waals surface area contributed by atoms with Crippen LogP contribution < -0.4 is 11.1 Å². The minimum absolute atomic E-state index is 0.289. The molecule has 0 unspecified atom stereocenters. The van der Waals surface area contributed by atoms with E-state index in [4.69, 9.17) is 5.73 Å². The number of nitrogens with zero attached hydrogens (tertiary/aromatic N) is 3. The Morgan fingerprint density at radius 3 is 2.44 bits per heavy atom. The predicted octanol–water partition coefficient (Wildman–Crippen LogP) is 0.903. The molecule has 18 heavy (non-hydrogen) atoms. The zero-order valence-electron chi connectivity index (χ0n) is 10.8. The number of amides is 1. The Labute approximate surface area is 104 Å². The van der Waals surface area contributed by atoms with Gasteiger partial charge in [0.25, 0.3) is 5.91 Å². The van der Waals surface area contributed by atoms with E-state index in [2.05, 4.69) is 20.6 Å². The SMILES string of the molecule is Cc1nn(C)c(C(=O)Nc2c(C)n[nH]c2C)c1N. The van der Waals surface area contributed by atoms with Crippen LogP contribution in [0.15, 0.2) is 0 Å². The topological polar surface area (TPSA) is 102 Å². The van der Waals surface area contributed by atoms with Crippen LogP contribution in [-0.4, -0.2) is 25.9 Å². The van der Waals surface area contributed by atoms with Crippen LogP contribution in [0.3, 0.4) is 0 Å². The molecule has 0 aliphatic heterocycles. The van der Waals surface area contributed by atoms with E-state index in [0.29, 0.717) is 22.8 Å². The standard InChI is InChI=1S/C11H16N6O/c1-5-8(12)10(17(4)16-5)11(18)13-9-6(2)14-15-7(9)3/h12H2,1-4H3,(H,13,18)(H,14,15). The number of H-pyrrole nitrogens is 1. The van der Waals surface area contributed by atoms with Gasteiger partial charge in [-0.05, 0) is 20.8 Å². The highest BCUT2D eigenvalue weighted by atomic mass is 16.2. The van der Waals surface area contributed by atoms with Crippen molar-refractivity contribution < 1.29 is 4.79 Å². The molecule has 1 amide bonds. The Morgan fingerprint density at radius 1 is 1.33 bits per heavy atom. The lowest BCUT2D eigenvalue weighted by atomic mass is 10.2. The summed E-state index contributed by atoms with van der Waals surface area (Å²) in [6.45, 7) is 5.42. The molecule has 4 N–H and O–H groups in total. The average molecular weight is 248 g/mol. The van der Waals surface area contributed by atoms with Crippen molar-refractivity contribution >= 4 is 17.3 Å². The summed E-state index contributed by atoms with van der Waals surface area (Å²) in [6, 6.07) is 0. The number of carbonyl (C=O) groups excluding carboxylic acids is 1. The first kappa shape index (κ1) is 12.2. The van der Waals surface area contributed by atoms with Crippen LogP contribution in [0.1, 0.15) is 27.6 Å². The van der Waals surface area contributed by atoms with Crippen LogP contribution >= 0.6 is 0 Å². The fourth-order valence-corrected chi connectivity index (χ4v) is 1.85. The van der Waals surface area contributed by atoms with E-state index in [-0.39, 0.29) is 5.91 Å². The lowest BCUT2D eigenvalue weighted by Gasteiger charge is -2.06. The quantitative estimate of drug-likeness (QED) is 0.734. The highest BCUT2D eigenvalue weighted by Gasteiger charge is 2.19. The van der Waals surface area contributed by atoms with Gasteiger partial charge in [-0.2, -0.15) is 10.2 Å². The molecule has 0 saturated heterocycles. The van der Waals surface area contributed by atoms with Crippen molar-refractivity contribution in [3.05, 3.63) is 22.8 Å². The van der Waals surface area contributed by atoms with Gasteiger partial charge in [-0.3, -0.25) is 14.6 Å². The average Bonchev–Trinajstić information content (AvgIpc) is 2.73. The molecule has 7 heteroatoms. The molecule has 2 aromatic rings. The number of aryl methyl sites for hydroxylation is 4. The second kappa shape index (κ2) is 4.17. The molecule has 7 nitrogen and oxygen atoms in total. The number of hydrogen-bond donors (Lipinski definition) is 3. The van der Waals surface area contributed by atoms with Crippen LogP contribution in [0.4, 0.5) is 11.4 Å². The van der Waals surface area contributed by atoms with Gasteiger partial charge in [-0.1, -0.05) is 0 Å². The predicted molar refractivity (Wildman–Crippen MR) is 68.4 cm³/mol. The van der Waals surface area contributed by atoms with Gasteiger partial charge in [0.05, 0.1) is 28.5 Å². The second-order valence-electron chi connectivity index (χ2n) is 4.23. The molecule has 0 fully saturated rings. The Hall–Kier alpha value is -2.31. The zero-order valence-corrected chi connectivity index (χ0v) is 10.8. The smallest absolute Gasteiger partial charge is 0.276 e. The summed E-state index contributed by atoms with van der Waals surface area (Å²) in [5.74, 6) is -0.289. The number of anilines is 2. The van der Waals surface area contributed by atoms with Crippen molar-refractivity contribution in [3.8, 4) is 0 Å². The summed E-state index contributed by atoms with van der Waals surface area (Å²) in [5, 5.41) is 13.7. The van der Waals surface area contributed by atoms with Gasteiger partial charge in [-0.25, -0.2) is 0 Å². The molecule has 0 radical (unpaired) electrons. The van der Waals surface area contributed by atoms with Crippen molar-refractivity contribution in [2.45, 2.75) is 20.8 Å². The van der Waals surface area contributed by atoms with Crippen molar-refractivity contribution in [1.82, 2.24) is 20.0 Å². The zero-order chi connectivity index (χ0) is 13.4. The molecular weight excluding hydrogens is 232 g/mol. The first-order chi connectivity index (χ1) is 8.41. The number of carbonyl (C=O) groups is 1. The van der Waals surface area contributed by atoms with Crippen molar-refractivity contribution in [2.75, 3.05) is 11.1 Å². The largest absolute Gasteiger partial charge is 0.395 e. The lowest BCUT2D eigenvalue weighted by Crippen LogP contribution is -2.18. The molecule has 0 saturated carbocycles. The molecule has 0 aliphatic rings. The lowest BCUT2D eigenvalue weighted by molar-refractivity contribution is 0.101. The minimum atomic E-state index is -0.289. The third-order valence-electron chi connectivity index (χ3n) is 2.85. The number of nitrogens with one attached hydrogen (secondary N) is 2. The van der Waals surface area contributed by atoms with Crippen LogP contribution in [0.25, 0.3) is 0 Å². The summed E-state index contributed by atoms with van der Waals surface area (Å²) < 4.78 is 1.48. The van der Waals surface area contributed by atoms with Crippen LogP contribution in [0.2, 0.25) is 0 Å². The fraction of sp³-hybridized carbons (Fsp3) is 0.364. The number of hydrogen-bond acceptors (Lipinski definition) is 4. The van der Waals surface area contributed by atoms with E-state index in [1.807, 2.05) is 13.8 Å². The fourth-order valence-electron chi connectivity index (χ4n) is 1.85.